The molecule has 4 nitrogen and oxygen atoms in total. The van der Waals surface area contributed by atoms with Gasteiger partial charge in [0.25, 0.3) is 5.56 Å². The molecule has 1 N–H and O–H groups in total. The molecule has 1 aromatic rings. The van der Waals surface area contributed by atoms with Gasteiger partial charge in [0.05, 0.1) is 12.1 Å². The van der Waals surface area contributed by atoms with Gasteiger partial charge in [-0.3, -0.25) is 4.79 Å². The van der Waals surface area contributed by atoms with E-state index in [2.05, 4.69) is 5.10 Å². The minimum atomic E-state index is -0.682. The zero-order chi connectivity index (χ0) is 9.31. The fraction of sp³-hybridized carbons (Fsp3) is 0.556. The molecule has 0 aliphatic heterocycles. The van der Waals surface area contributed by atoms with Crippen molar-refractivity contribution in [3.05, 3.63) is 28.7 Å². The number of aliphatic hydroxyl groups is 1. The third-order valence-electron chi connectivity index (χ3n) is 2.51. The highest BCUT2D eigenvalue weighted by atomic mass is 16.3. The van der Waals surface area contributed by atoms with Crippen LogP contribution in [0.4, 0.5) is 0 Å². The Hall–Kier alpha value is -1.16. The molecule has 0 atom stereocenters. The normalized spacial score (nSPS) is 19.5. The van der Waals surface area contributed by atoms with Gasteiger partial charge in [0.1, 0.15) is 0 Å². The Morgan fingerprint density at radius 1 is 1.62 bits per heavy atom. The summed E-state index contributed by atoms with van der Waals surface area (Å²) in [5.74, 6) is 0. The Balaban J connectivity index is 2.18. The fourth-order valence-corrected chi connectivity index (χ4v) is 1.53. The van der Waals surface area contributed by atoms with E-state index in [1.54, 1.807) is 12.3 Å². The second-order valence-electron chi connectivity index (χ2n) is 3.60. The van der Waals surface area contributed by atoms with E-state index in [0.717, 1.165) is 19.3 Å². The molecule has 0 bridgehead atoms. The van der Waals surface area contributed by atoms with Crippen molar-refractivity contribution in [1.29, 1.82) is 0 Å². The highest BCUT2D eigenvalue weighted by Gasteiger charge is 2.35. The Kier molecular flexibility index (Phi) is 1.92. The van der Waals surface area contributed by atoms with E-state index in [4.69, 9.17) is 0 Å². The lowest BCUT2D eigenvalue weighted by atomic mass is 9.80. The smallest absolute Gasteiger partial charge is 0.266 e. The molecule has 1 heterocycles. The first kappa shape index (κ1) is 8.44. The van der Waals surface area contributed by atoms with Gasteiger partial charge in [-0.2, -0.15) is 5.10 Å². The molecule has 1 fully saturated rings. The molecule has 1 aliphatic rings. The zero-order valence-electron chi connectivity index (χ0n) is 7.31. The number of aromatic nitrogens is 2. The van der Waals surface area contributed by atoms with E-state index in [0.29, 0.717) is 6.54 Å². The molecule has 0 amide bonds. The molecule has 4 heteroatoms. The highest BCUT2D eigenvalue weighted by molar-refractivity contribution is 4.90. The standard InChI is InChI=1S/C9H12N2O2/c12-8-3-1-6-10-11(8)7-9(13)4-2-5-9/h1,3,6,13H,2,4-5,7H2. The predicted octanol–water partition coefficient (Wildman–Crippen LogP) is 0.158. The van der Waals surface area contributed by atoms with Crippen molar-refractivity contribution in [3.63, 3.8) is 0 Å². The van der Waals surface area contributed by atoms with Crippen LogP contribution in [-0.4, -0.2) is 20.5 Å². The van der Waals surface area contributed by atoms with Crippen molar-refractivity contribution in [1.82, 2.24) is 9.78 Å². The van der Waals surface area contributed by atoms with Crippen molar-refractivity contribution >= 4 is 0 Å². The third-order valence-corrected chi connectivity index (χ3v) is 2.51. The summed E-state index contributed by atoms with van der Waals surface area (Å²) in [5, 5.41) is 13.7. The Morgan fingerprint density at radius 2 is 2.38 bits per heavy atom. The van der Waals surface area contributed by atoms with Gasteiger partial charge in [-0.25, -0.2) is 4.68 Å². The lowest BCUT2D eigenvalue weighted by molar-refractivity contribution is -0.0508. The molecule has 1 aromatic heterocycles. The Labute approximate surface area is 75.8 Å². The molecule has 13 heavy (non-hydrogen) atoms. The Bertz CT molecular complexity index is 355. The second kappa shape index (κ2) is 2.96. The first-order valence-corrected chi connectivity index (χ1v) is 4.44. The second-order valence-corrected chi connectivity index (χ2v) is 3.60. The van der Waals surface area contributed by atoms with Crippen molar-refractivity contribution < 1.29 is 5.11 Å². The van der Waals surface area contributed by atoms with Gasteiger partial charge in [0.15, 0.2) is 0 Å². The summed E-state index contributed by atoms with van der Waals surface area (Å²) in [5.41, 5.74) is -0.833. The molecule has 1 aliphatic carbocycles. The maximum absolute atomic E-state index is 11.2. The number of hydrogen-bond acceptors (Lipinski definition) is 3. The third kappa shape index (κ3) is 1.62. The fourth-order valence-electron chi connectivity index (χ4n) is 1.53. The lowest BCUT2D eigenvalue weighted by Gasteiger charge is -2.36. The quantitative estimate of drug-likeness (QED) is 0.705. The predicted molar refractivity (Wildman–Crippen MR) is 47.3 cm³/mol. The first-order chi connectivity index (χ1) is 6.20. The molecular formula is C9H12N2O2. The van der Waals surface area contributed by atoms with Crippen LogP contribution >= 0.6 is 0 Å². The van der Waals surface area contributed by atoms with Gasteiger partial charge in [-0.15, -0.1) is 0 Å². The van der Waals surface area contributed by atoms with E-state index in [1.807, 2.05) is 0 Å². The minimum Gasteiger partial charge on any atom is -0.388 e. The molecular weight excluding hydrogens is 168 g/mol. The van der Waals surface area contributed by atoms with Crippen molar-refractivity contribution in [2.45, 2.75) is 31.4 Å². The van der Waals surface area contributed by atoms with Crippen molar-refractivity contribution in [2.24, 2.45) is 0 Å². The number of hydrogen-bond donors (Lipinski definition) is 1. The highest BCUT2D eigenvalue weighted by Crippen LogP contribution is 2.32. The zero-order valence-corrected chi connectivity index (χ0v) is 7.31. The van der Waals surface area contributed by atoms with Crippen LogP contribution in [0.2, 0.25) is 0 Å². The van der Waals surface area contributed by atoms with Crippen LogP contribution in [0.5, 0.6) is 0 Å². The summed E-state index contributed by atoms with van der Waals surface area (Å²) in [7, 11) is 0. The van der Waals surface area contributed by atoms with E-state index in [-0.39, 0.29) is 5.56 Å². The van der Waals surface area contributed by atoms with E-state index >= 15 is 0 Å². The maximum atomic E-state index is 11.2. The van der Waals surface area contributed by atoms with Gasteiger partial charge < -0.3 is 5.11 Å². The van der Waals surface area contributed by atoms with Crippen LogP contribution < -0.4 is 5.56 Å². The molecule has 0 spiro atoms. The maximum Gasteiger partial charge on any atom is 0.266 e. The lowest BCUT2D eigenvalue weighted by Crippen LogP contribution is -2.44. The molecule has 2 rings (SSSR count). The van der Waals surface area contributed by atoms with E-state index < -0.39 is 5.60 Å². The van der Waals surface area contributed by atoms with Crippen LogP contribution in [0.3, 0.4) is 0 Å². The number of rotatable bonds is 2. The molecule has 0 aromatic carbocycles. The van der Waals surface area contributed by atoms with E-state index in [1.165, 1.54) is 10.7 Å². The van der Waals surface area contributed by atoms with Crippen molar-refractivity contribution in [3.8, 4) is 0 Å². The molecule has 0 unspecified atom stereocenters. The van der Waals surface area contributed by atoms with Crippen LogP contribution in [-0.2, 0) is 6.54 Å². The summed E-state index contributed by atoms with van der Waals surface area (Å²) in [6.45, 7) is 0.326. The average Bonchev–Trinajstić information content (AvgIpc) is 2.06. The van der Waals surface area contributed by atoms with Crippen molar-refractivity contribution in [2.75, 3.05) is 0 Å². The Morgan fingerprint density at radius 3 is 2.92 bits per heavy atom. The molecule has 1 saturated carbocycles. The number of nitrogens with zero attached hydrogens (tertiary/aromatic N) is 2. The van der Waals surface area contributed by atoms with Gasteiger partial charge in [-0.1, -0.05) is 0 Å². The van der Waals surface area contributed by atoms with Gasteiger partial charge in [-0.05, 0) is 25.3 Å². The van der Waals surface area contributed by atoms with Gasteiger partial charge in [0, 0.05) is 12.3 Å². The summed E-state index contributed by atoms with van der Waals surface area (Å²) >= 11 is 0. The molecule has 0 radical (unpaired) electrons. The summed E-state index contributed by atoms with van der Waals surface area (Å²) < 4.78 is 1.32. The topological polar surface area (TPSA) is 55.1 Å². The summed E-state index contributed by atoms with van der Waals surface area (Å²) in [4.78, 5) is 11.2. The first-order valence-electron chi connectivity index (χ1n) is 4.44. The monoisotopic (exact) mass is 180 g/mol. The van der Waals surface area contributed by atoms with Crippen LogP contribution in [0.25, 0.3) is 0 Å². The summed E-state index contributed by atoms with van der Waals surface area (Å²) in [6, 6.07) is 3.05. The van der Waals surface area contributed by atoms with Crippen LogP contribution in [0.1, 0.15) is 19.3 Å². The molecule has 0 saturated heterocycles. The largest absolute Gasteiger partial charge is 0.388 e. The molecule has 70 valence electrons. The van der Waals surface area contributed by atoms with Gasteiger partial charge >= 0.3 is 0 Å². The van der Waals surface area contributed by atoms with Crippen LogP contribution in [0, 0.1) is 0 Å². The van der Waals surface area contributed by atoms with Crippen LogP contribution in [0.15, 0.2) is 23.1 Å². The minimum absolute atomic E-state index is 0.150. The SMILES string of the molecule is O=c1cccnn1CC1(O)CCC1. The van der Waals surface area contributed by atoms with E-state index in [9.17, 15) is 9.90 Å². The average molecular weight is 180 g/mol. The van der Waals surface area contributed by atoms with Gasteiger partial charge in [0.2, 0.25) is 0 Å². The summed E-state index contributed by atoms with van der Waals surface area (Å²) in [6.07, 6.45) is 4.15.